The van der Waals surface area contributed by atoms with Crippen LogP contribution in [0.3, 0.4) is 0 Å². The van der Waals surface area contributed by atoms with Crippen LogP contribution in [0.2, 0.25) is 0 Å². The quantitative estimate of drug-likeness (QED) is 0.392. The summed E-state index contributed by atoms with van der Waals surface area (Å²) in [6.45, 7) is 5.23. The molecule has 0 unspecified atom stereocenters. The van der Waals surface area contributed by atoms with E-state index in [-0.39, 0.29) is 11.5 Å². The highest BCUT2D eigenvalue weighted by atomic mass is 16.5. The molecule has 0 N–H and O–H groups in total. The summed E-state index contributed by atoms with van der Waals surface area (Å²) in [6, 6.07) is 13.0. The van der Waals surface area contributed by atoms with Crippen molar-refractivity contribution in [3.05, 3.63) is 70.9 Å². The molecule has 186 valence electrons. The van der Waals surface area contributed by atoms with Gasteiger partial charge in [-0.25, -0.2) is 0 Å². The maximum absolute atomic E-state index is 13.0. The number of hydrogen-bond donors (Lipinski definition) is 0. The predicted molar refractivity (Wildman–Crippen MR) is 136 cm³/mol. The first-order valence-electron chi connectivity index (χ1n) is 12.3. The lowest BCUT2D eigenvalue weighted by Crippen LogP contribution is -2.45. The highest BCUT2D eigenvalue weighted by molar-refractivity contribution is 5.80. The summed E-state index contributed by atoms with van der Waals surface area (Å²) in [7, 11) is 1.62. The van der Waals surface area contributed by atoms with Crippen molar-refractivity contribution < 1.29 is 18.7 Å². The van der Waals surface area contributed by atoms with Gasteiger partial charge in [0.1, 0.15) is 11.5 Å². The van der Waals surface area contributed by atoms with Gasteiger partial charge in [0.15, 0.2) is 0 Å². The second-order valence-electron chi connectivity index (χ2n) is 9.07. The standard InChI is InChI=1S/C28H34N2O5/c1-3-34-27(32)28(14-18-29(19-15-28)16-4-7-23-8-5-20-35-23)13-6-17-30-25-21-24(33-2)11-9-22(25)10-12-26(30)31/h4-5,7-12,20-21H,3,6,13-19H2,1-2H3. The summed E-state index contributed by atoms with van der Waals surface area (Å²) < 4.78 is 18.0. The number of esters is 1. The molecule has 4 rings (SSSR count). The van der Waals surface area contributed by atoms with Gasteiger partial charge < -0.3 is 18.5 Å². The number of aryl methyl sites for hydroxylation is 1. The van der Waals surface area contributed by atoms with Crippen LogP contribution in [0.1, 0.15) is 38.4 Å². The monoisotopic (exact) mass is 478 g/mol. The molecule has 1 saturated heterocycles. The van der Waals surface area contributed by atoms with Crippen LogP contribution in [0.4, 0.5) is 0 Å². The van der Waals surface area contributed by atoms with Gasteiger partial charge in [-0.2, -0.15) is 0 Å². The van der Waals surface area contributed by atoms with E-state index in [1.807, 2.05) is 49.4 Å². The number of ether oxygens (including phenoxy) is 2. The number of hydrogen-bond acceptors (Lipinski definition) is 6. The van der Waals surface area contributed by atoms with Crippen LogP contribution >= 0.6 is 0 Å². The number of fused-ring (bicyclic) bond motifs is 1. The van der Waals surface area contributed by atoms with E-state index < -0.39 is 5.41 Å². The molecule has 7 heteroatoms. The topological polar surface area (TPSA) is 73.9 Å². The van der Waals surface area contributed by atoms with Crippen molar-refractivity contribution in [3.63, 3.8) is 0 Å². The number of methoxy groups -OCH3 is 1. The lowest BCUT2D eigenvalue weighted by Gasteiger charge is -2.39. The first-order chi connectivity index (χ1) is 17.0. The third-order valence-corrected chi connectivity index (χ3v) is 6.95. The van der Waals surface area contributed by atoms with Crippen molar-refractivity contribution >= 4 is 22.9 Å². The van der Waals surface area contributed by atoms with Crippen LogP contribution < -0.4 is 10.3 Å². The molecule has 7 nitrogen and oxygen atoms in total. The molecule has 2 aromatic heterocycles. The van der Waals surface area contributed by atoms with E-state index in [9.17, 15) is 9.59 Å². The molecule has 0 saturated carbocycles. The predicted octanol–water partition coefficient (Wildman–Crippen LogP) is 4.74. The number of pyridine rings is 1. The number of nitrogens with zero attached hydrogens (tertiary/aromatic N) is 2. The molecule has 1 aliphatic rings. The Bertz CT molecular complexity index is 1200. The van der Waals surface area contributed by atoms with E-state index in [0.29, 0.717) is 31.7 Å². The maximum atomic E-state index is 13.0. The van der Waals surface area contributed by atoms with Gasteiger partial charge in [0, 0.05) is 25.2 Å². The minimum Gasteiger partial charge on any atom is -0.497 e. The number of furan rings is 1. The fraction of sp³-hybridized carbons (Fsp3) is 0.429. The zero-order chi connectivity index (χ0) is 24.7. The minimum atomic E-state index is -0.511. The van der Waals surface area contributed by atoms with E-state index in [0.717, 1.165) is 49.1 Å². The summed E-state index contributed by atoms with van der Waals surface area (Å²) in [5.41, 5.74) is 0.289. The fourth-order valence-electron chi connectivity index (χ4n) is 4.91. The molecular weight excluding hydrogens is 444 g/mol. The zero-order valence-corrected chi connectivity index (χ0v) is 20.6. The van der Waals surface area contributed by atoms with Crippen molar-refractivity contribution in [1.82, 2.24) is 9.47 Å². The lowest BCUT2D eigenvalue weighted by molar-refractivity contribution is -0.159. The average molecular weight is 479 g/mol. The van der Waals surface area contributed by atoms with Crippen molar-refractivity contribution in [3.8, 4) is 5.75 Å². The number of likely N-dealkylation sites (tertiary alicyclic amines) is 1. The zero-order valence-electron chi connectivity index (χ0n) is 20.6. The average Bonchev–Trinajstić information content (AvgIpc) is 3.40. The third-order valence-electron chi connectivity index (χ3n) is 6.95. The van der Waals surface area contributed by atoms with Crippen LogP contribution in [0, 0.1) is 5.41 Å². The molecule has 35 heavy (non-hydrogen) atoms. The molecule has 0 atom stereocenters. The van der Waals surface area contributed by atoms with Gasteiger partial charge in [0.2, 0.25) is 0 Å². The van der Waals surface area contributed by atoms with E-state index in [1.165, 1.54) is 0 Å². The summed E-state index contributed by atoms with van der Waals surface area (Å²) >= 11 is 0. The summed E-state index contributed by atoms with van der Waals surface area (Å²) in [5, 5.41) is 0.987. The highest BCUT2D eigenvalue weighted by Crippen LogP contribution is 2.38. The molecular formula is C28H34N2O5. The van der Waals surface area contributed by atoms with Crippen molar-refractivity contribution in [2.45, 2.75) is 39.2 Å². The SMILES string of the molecule is CCOC(=O)C1(CCCn2c(=O)ccc3ccc(OC)cc32)CCN(CC=Cc2ccco2)CC1. The van der Waals surface area contributed by atoms with Gasteiger partial charge in [-0.3, -0.25) is 14.5 Å². The maximum Gasteiger partial charge on any atom is 0.312 e. The Morgan fingerprint density at radius 1 is 1.17 bits per heavy atom. The molecule has 1 aromatic carbocycles. The van der Waals surface area contributed by atoms with Crippen molar-refractivity contribution in [2.75, 3.05) is 33.4 Å². The molecule has 0 aliphatic carbocycles. The second-order valence-corrected chi connectivity index (χ2v) is 9.07. The van der Waals surface area contributed by atoms with Gasteiger partial charge in [-0.1, -0.05) is 6.08 Å². The summed E-state index contributed by atoms with van der Waals surface area (Å²) in [5.74, 6) is 1.44. The third kappa shape index (κ3) is 5.85. The largest absolute Gasteiger partial charge is 0.497 e. The first-order valence-corrected chi connectivity index (χ1v) is 12.3. The molecule has 0 spiro atoms. The highest BCUT2D eigenvalue weighted by Gasteiger charge is 2.42. The van der Waals surface area contributed by atoms with E-state index >= 15 is 0 Å². The molecule has 0 radical (unpaired) electrons. The number of benzene rings is 1. The first kappa shape index (κ1) is 24.8. The van der Waals surface area contributed by atoms with Gasteiger partial charge in [0.25, 0.3) is 5.56 Å². The molecule has 1 fully saturated rings. The Morgan fingerprint density at radius 2 is 1.97 bits per heavy atom. The Hall–Kier alpha value is -3.32. The van der Waals surface area contributed by atoms with Crippen LogP contribution in [0.15, 0.2) is 64.0 Å². The number of aromatic nitrogens is 1. The van der Waals surface area contributed by atoms with E-state index in [1.54, 1.807) is 24.0 Å². The Balaban J connectivity index is 1.42. The molecule has 0 bridgehead atoms. The fourth-order valence-corrected chi connectivity index (χ4v) is 4.91. The van der Waals surface area contributed by atoms with Crippen LogP contribution in [0.5, 0.6) is 5.75 Å². The minimum absolute atomic E-state index is 0.0471. The number of carbonyl (C=O) groups is 1. The van der Waals surface area contributed by atoms with Crippen molar-refractivity contribution in [2.24, 2.45) is 5.41 Å². The molecule has 0 amide bonds. The number of rotatable bonds is 10. The molecule has 3 heterocycles. The number of carbonyl (C=O) groups excluding carboxylic acids is 1. The van der Waals surface area contributed by atoms with Crippen molar-refractivity contribution in [1.29, 1.82) is 0 Å². The van der Waals surface area contributed by atoms with Gasteiger partial charge >= 0.3 is 5.97 Å². The number of piperidine rings is 1. The van der Waals surface area contributed by atoms with Gasteiger partial charge in [0.05, 0.1) is 30.9 Å². The Kier molecular flexibility index (Phi) is 8.08. The molecule has 3 aromatic rings. The second kappa shape index (κ2) is 11.4. The lowest BCUT2D eigenvalue weighted by atomic mass is 9.74. The summed E-state index contributed by atoms with van der Waals surface area (Å²) in [4.78, 5) is 28.1. The van der Waals surface area contributed by atoms with Gasteiger partial charge in [-0.05, 0) is 87.5 Å². The van der Waals surface area contributed by atoms with E-state index in [2.05, 4.69) is 11.0 Å². The van der Waals surface area contributed by atoms with E-state index in [4.69, 9.17) is 13.9 Å². The van der Waals surface area contributed by atoms with Crippen LogP contribution in [-0.4, -0.2) is 48.8 Å². The van der Waals surface area contributed by atoms with Crippen LogP contribution in [0.25, 0.3) is 17.0 Å². The molecule has 1 aliphatic heterocycles. The Labute approximate surface area is 205 Å². The summed E-state index contributed by atoms with van der Waals surface area (Å²) in [6.07, 6.45) is 8.64. The normalized spacial score (nSPS) is 16.1. The van der Waals surface area contributed by atoms with Crippen LogP contribution in [-0.2, 0) is 16.1 Å². The Morgan fingerprint density at radius 3 is 2.69 bits per heavy atom. The smallest absolute Gasteiger partial charge is 0.312 e. The van der Waals surface area contributed by atoms with Gasteiger partial charge in [-0.15, -0.1) is 0 Å².